The van der Waals surface area contributed by atoms with E-state index in [2.05, 4.69) is 16.0 Å². The highest BCUT2D eigenvalue weighted by atomic mass is 16.6. The number of nitrogens with one attached hydrogen (secondary N) is 3. The largest absolute Gasteiger partial charge is 0.465 e. The maximum absolute atomic E-state index is 12.8. The van der Waals surface area contributed by atoms with Gasteiger partial charge in [-0.2, -0.15) is 0 Å². The van der Waals surface area contributed by atoms with E-state index in [1.54, 1.807) is 20.8 Å². The second-order valence-corrected chi connectivity index (χ2v) is 9.46. The molecule has 0 radical (unpaired) electrons. The van der Waals surface area contributed by atoms with Crippen molar-refractivity contribution >= 4 is 24.2 Å². The fourth-order valence-corrected chi connectivity index (χ4v) is 3.29. The Morgan fingerprint density at radius 2 is 1.47 bits per heavy atom. The van der Waals surface area contributed by atoms with Crippen molar-refractivity contribution in [2.75, 3.05) is 19.6 Å². The standard InChI is InChI=1S/C27H36N4O7/c1-27(2,3)38-25(34)30-22(14-15-29-24(33)37-19-21-12-8-5-9-13-21)23(32)28-16-17-31(26(35)36)18-20-10-6-4-7-11-20/h4-13,22H,14-19H2,1-3H3,(H,28,32)(H,29,33)(H,30,34)(H,35,36)/t22-/m0/s1. The molecule has 0 aromatic heterocycles. The van der Waals surface area contributed by atoms with Crippen molar-refractivity contribution in [3.63, 3.8) is 0 Å². The van der Waals surface area contributed by atoms with Crippen LogP contribution >= 0.6 is 0 Å². The molecule has 2 rings (SSSR count). The molecule has 206 valence electrons. The zero-order chi connectivity index (χ0) is 28.0. The summed E-state index contributed by atoms with van der Waals surface area (Å²) in [5.74, 6) is -0.541. The molecule has 2 aromatic rings. The van der Waals surface area contributed by atoms with E-state index in [0.717, 1.165) is 11.1 Å². The highest BCUT2D eigenvalue weighted by molar-refractivity contribution is 5.85. The third-order valence-electron chi connectivity index (χ3n) is 5.09. The first-order chi connectivity index (χ1) is 18.0. The van der Waals surface area contributed by atoms with Gasteiger partial charge in [-0.15, -0.1) is 0 Å². The van der Waals surface area contributed by atoms with Gasteiger partial charge in [-0.3, -0.25) is 4.79 Å². The van der Waals surface area contributed by atoms with Gasteiger partial charge in [-0.1, -0.05) is 60.7 Å². The van der Waals surface area contributed by atoms with E-state index >= 15 is 0 Å². The van der Waals surface area contributed by atoms with Crippen LogP contribution in [-0.2, 0) is 27.4 Å². The number of amides is 4. The van der Waals surface area contributed by atoms with Gasteiger partial charge in [0.15, 0.2) is 0 Å². The molecule has 0 saturated heterocycles. The van der Waals surface area contributed by atoms with Gasteiger partial charge in [0, 0.05) is 26.2 Å². The number of carbonyl (C=O) groups is 4. The van der Waals surface area contributed by atoms with E-state index in [1.165, 1.54) is 4.90 Å². The first-order valence-corrected chi connectivity index (χ1v) is 12.3. The number of carboxylic acid groups (broad SMARTS) is 1. The van der Waals surface area contributed by atoms with Crippen LogP contribution in [-0.4, -0.2) is 65.5 Å². The zero-order valence-electron chi connectivity index (χ0n) is 21.9. The molecule has 0 fully saturated rings. The maximum Gasteiger partial charge on any atom is 0.408 e. The van der Waals surface area contributed by atoms with Crippen LogP contribution in [0.2, 0.25) is 0 Å². The van der Waals surface area contributed by atoms with Crippen LogP contribution in [0.3, 0.4) is 0 Å². The number of rotatable bonds is 12. The lowest BCUT2D eigenvalue weighted by atomic mass is 10.2. The lowest BCUT2D eigenvalue weighted by Crippen LogP contribution is -2.50. The Labute approximate surface area is 222 Å². The minimum absolute atomic E-state index is 0.0248. The number of hydrogen-bond donors (Lipinski definition) is 4. The average Bonchev–Trinajstić information content (AvgIpc) is 2.86. The third kappa shape index (κ3) is 12.1. The Bertz CT molecular complexity index is 1040. The van der Waals surface area contributed by atoms with E-state index in [1.807, 2.05) is 60.7 Å². The van der Waals surface area contributed by atoms with E-state index in [-0.39, 0.29) is 39.2 Å². The van der Waals surface area contributed by atoms with Crippen molar-refractivity contribution in [2.24, 2.45) is 0 Å². The molecule has 38 heavy (non-hydrogen) atoms. The Morgan fingerprint density at radius 3 is 2.05 bits per heavy atom. The summed E-state index contributed by atoms with van der Waals surface area (Å²) < 4.78 is 10.4. The molecule has 0 heterocycles. The summed E-state index contributed by atoms with van der Waals surface area (Å²) in [4.78, 5) is 50.0. The van der Waals surface area contributed by atoms with E-state index in [4.69, 9.17) is 9.47 Å². The lowest BCUT2D eigenvalue weighted by molar-refractivity contribution is -0.123. The molecule has 0 aliphatic heterocycles. The van der Waals surface area contributed by atoms with Crippen molar-refractivity contribution in [3.05, 3.63) is 71.8 Å². The molecular weight excluding hydrogens is 492 g/mol. The summed E-state index contributed by atoms with van der Waals surface area (Å²) in [6, 6.07) is 17.2. The second kappa shape index (κ2) is 15.1. The molecule has 11 heteroatoms. The number of carbonyl (C=O) groups excluding carboxylic acids is 3. The quantitative estimate of drug-likeness (QED) is 0.330. The summed E-state index contributed by atoms with van der Waals surface area (Å²) in [5, 5.41) is 17.2. The van der Waals surface area contributed by atoms with Crippen LogP contribution < -0.4 is 16.0 Å². The molecule has 0 unspecified atom stereocenters. The van der Waals surface area contributed by atoms with Gasteiger partial charge in [-0.25, -0.2) is 14.4 Å². The Kier molecular flexibility index (Phi) is 11.9. The molecule has 2 aromatic carbocycles. The molecule has 1 atom stereocenters. The van der Waals surface area contributed by atoms with Crippen molar-refractivity contribution in [2.45, 2.75) is 52.0 Å². The highest BCUT2D eigenvalue weighted by Crippen LogP contribution is 2.08. The number of nitrogens with zero attached hydrogens (tertiary/aromatic N) is 1. The fourth-order valence-electron chi connectivity index (χ4n) is 3.29. The minimum atomic E-state index is -1.12. The van der Waals surface area contributed by atoms with E-state index in [0.29, 0.717) is 0 Å². The normalized spacial score (nSPS) is 11.6. The first kappa shape index (κ1) is 29.9. The van der Waals surface area contributed by atoms with Crippen molar-refractivity contribution in [1.82, 2.24) is 20.9 Å². The molecular formula is C27H36N4O7. The van der Waals surface area contributed by atoms with Gasteiger partial charge in [0.25, 0.3) is 0 Å². The third-order valence-corrected chi connectivity index (χ3v) is 5.09. The molecule has 0 saturated carbocycles. The Morgan fingerprint density at radius 1 is 0.868 bits per heavy atom. The lowest BCUT2D eigenvalue weighted by Gasteiger charge is -2.24. The van der Waals surface area contributed by atoms with Crippen LogP contribution in [0.25, 0.3) is 0 Å². The molecule has 0 aliphatic rings. The van der Waals surface area contributed by atoms with Crippen molar-refractivity contribution < 1.29 is 33.8 Å². The Hall–Kier alpha value is -4.28. The van der Waals surface area contributed by atoms with Gasteiger partial charge < -0.3 is 35.4 Å². The first-order valence-electron chi connectivity index (χ1n) is 12.3. The molecule has 4 N–H and O–H groups in total. The zero-order valence-corrected chi connectivity index (χ0v) is 21.9. The molecule has 0 aliphatic carbocycles. The van der Waals surface area contributed by atoms with Crippen LogP contribution in [0, 0.1) is 0 Å². The number of hydrogen-bond acceptors (Lipinski definition) is 6. The van der Waals surface area contributed by atoms with Gasteiger partial charge in [0.05, 0.1) is 0 Å². The number of alkyl carbamates (subject to hydrolysis) is 2. The van der Waals surface area contributed by atoms with Gasteiger partial charge in [-0.05, 0) is 38.3 Å². The summed E-state index contributed by atoms with van der Waals surface area (Å²) >= 11 is 0. The number of benzene rings is 2. The predicted octanol–water partition coefficient (Wildman–Crippen LogP) is 3.49. The molecule has 0 spiro atoms. The van der Waals surface area contributed by atoms with Crippen molar-refractivity contribution in [3.8, 4) is 0 Å². The van der Waals surface area contributed by atoms with Crippen LogP contribution in [0.5, 0.6) is 0 Å². The Balaban J connectivity index is 1.88. The van der Waals surface area contributed by atoms with Gasteiger partial charge >= 0.3 is 18.3 Å². The maximum atomic E-state index is 12.8. The number of ether oxygens (including phenoxy) is 2. The average molecular weight is 529 g/mol. The highest BCUT2D eigenvalue weighted by Gasteiger charge is 2.25. The minimum Gasteiger partial charge on any atom is -0.465 e. The van der Waals surface area contributed by atoms with Crippen LogP contribution in [0.15, 0.2) is 60.7 Å². The monoisotopic (exact) mass is 528 g/mol. The molecule has 4 amide bonds. The smallest absolute Gasteiger partial charge is 0.408 e. The van der Waals surface area contributed by atoms with Crippen LogP contribution in [0.1, 0.15) is 38.3 Å². The fraction of sp³-hybridized carbons (Fsp3) is 0.407. The summed E-state index contributed by atoms with van der Waals surface area (Å²) in [5.41, 5.74) is 0.870. The topological polar surface area (TPSA) is 146 Å². The SMILES string of the molecule is CC(C)(C)OC(=O)N[C@@H](CCNC(=O)OCc1ccccc1)C(=O)NCCN(Cc1ccccc1)C(=O)O. The summed E-state index contributed by atoms with van der Waals surface area (Å²) in [6.07, 6.45) is -2.52. The second-order valence-electron chi connectivity index (χ2n) is 9.46. The van der Waals surface area contributed by atoms with Crippen molar-refractivity contribution in [1.29, 1.82) is 0 Å². The van der Waals surface area contributed by atoms with E-state index < -0.39 is 35.8 Å². The van der Waals surface area contributed by atoms with E-state index in [9.17, 15) is 24.3 Å². The summed E-state index contributed by atoms with van der Waals surface area (Å²) in [7, 11) is 0. The van der Waals surface area contributed by atoms with Crippen LogP contribution in [0.4, 0.5) is 14.4 Å². The predicted molar refractivity (Wildman–Crippen MR) is 140 cm³/mol. The van der Waals surface area contributed by atoms with Gasteiger partial charge in [0.1, 0.15) is 18.2 Å². The molecule has 0 bridgehead atoms. The molecule has 11 nitrogen and oxygen atoms in total. The van der Waals surface area contributed by atoms with Gasteiger partial charge in [0.2, 0.25) is 5.91 Å². The summed E-state index contributed by atoms with van der Waals surface area (Å²) in [6.45, 7) is 5.45.